The number of carbonyl (C=O) groups is 1. The fourth-order valence-electron chi connectivity index (χ4n) is 3.43. The smallest absolute Gasteiger partial charge is 0.234 e. The van der Waals surface area contributed by atoms with E-state index in [-0.39, 0.29) is 22.3 Å². The summed E-state index contributed by atoms with van der Waals surface area (Å²) in [5.41, 5.74) is 1.70. The van der Waals surface area contributed by atoms with E-state index in [1.54, 1.807) is 46.7 Å². The summed E-state index contributed by atoms with van der Waals surface area (Å²) in [7, 11) is -3.61. The van der Waals surface area contributed by atoms with Crippen LogP contribution >= 0.6 is 23.5 Å². The molecule has 0 aliphatic carbocycles. The van der Waals surface area contributed by atoms with Crippen molar-refractivity contribution in [1.29, 1.82) is 0 Å². The quantitative estimate of drug-likeness (QED) is 0.191. The first-order valence-corrected chi connectivity index (χ1v) is 14.9. The molecular weight excluding hydrogens is 525 g/mol. The number of nitrogens with zero attached hydrogens (tertiary/aromatic N) is 3. The Kier molecular flexibility index (Phi) is 8.86. The fourth-order valence-corrected chi connectivity index (χ4v) is 6.40. The van der Waals surface area contributed by atoms with Crippen LogP contribution in [0.1, 0.15) is 11.4 Å². The molecule has 1 aromatic heterocycles. The van der Waals surface area contributed by atoms with Crippen LogP contribution in [0.5, 0.6) is 0 Å². The number of nitrogens with one attached hydrogen (secondary N) is 1. The Labute approximate surface area is 225 Å². The van der Waals surface area contributed by atoms with Crippen molar-refractivity contribution >= 4 is 45.0 Å². The van der Waals surface area contributed by atoms with Gasteiger partial charge in [-0.2, -0.15) is 0 Å². The molecule has 0 aliphatic heterocycles. The van der Waals surface area contributed by atoms with Crippen molar-refractivity contribution < 1.29 is 13.2 Å². The maximum Gasteiger partial charge on any atom is 0.234 e. The van der Waals surface area contributed by atoms with E-state index in [2.05, 4.69) is 22.1 Å². The van der Waals surface area contributed by atoms with Gasteiger partial charge in [-0.25, -0.2) is 8.42 Å². The van der Waals surface area contributed by atoms with Gasteiger partial charge in [0.1, 0.15) is 11.6 Å². The Balaban J connectivity index is 1.44. The lowest BCUT2D eigenvalue weighted by Gasteiger charge is -2.11. The molecule has 1 amide bonds. The Morgan fingerprint density at radius 3 is 2.43 bits per heavy atom. The van der Waals surface area contributed by atoms with Crippen LogP contribution in [-0.2, 0) is 26.9 Å². The van der Waals surface area contributed by atoms with Crippen molar-refractivity contribution in [1.82, 2.24) is 14.8 Å². The van der Waals surface area contributed by atoms with Crippen LogP contribution < -0.4 is 5.32 Å². The van der Waals surface area contributed by atoms with E-state index < -0.39 is 9.84 Å². The molecule has 4 rings (SSSR count). The predicted octanol–water partition coefficient (Wildman–Crippen LogP) is 5.63. The molecule has 0 unspecified atom stereocenters. The first kappa shape index (κ1) is 26.7. The Bertz CT molecular complexity index is 1490. The van der Waals surface area contributed by atoms with Crippen LogP contribution in [0.25, 0.3) is 0 Å². The molecule has 4 aromatic rings. The fraction of sp³-hybridized carbons (Fsp3) is 0.148. The van der Waals surface area contributed by atoms with Crippen LogP contribution in [0.15, 0.2) is 111 Å². The topological polar surface area (TPSA) is 93.9 Å². The highest BCUT2D eigenvalue weighted by molar-refractivity contribution is 8.00. The average Bonchev–Trinajstić information content (AvgIpc) is 3.25. The number of amides is 1. The molecule has 0 fully saturated rings. The van der Waals surface area contributed by atoms with Gasteiger partial charge in [-0.1, -0.05) is 77.6 Å². The first-order valence-electron chi connectivity index (χ1n) is 11.4. The standard InChI is InChI=1S/C27H26N4O3S3/c1-3-17-31-25(19-37(33,34)22-15-13-20(2)14-16-22)29-30-27(31)35-18-26(32)28-23-11-7-8-12-24(23)36-21-9-5-4-6-10-21/h3-16H,1,17-19H2,2H3,(H,28,32). The molecule has 1 N–H and O–H groups in total. The number of sulfone groups is 1. The van der Waals surface area contributed by atoms with Crippen LogP contribution in [0.4, 0.5) is 5.69 Å². The summed E-state index contributed by atoms with van der Waals surface area (Å²) in [5.74, 6) is -0.112. The molecule has 190 valence electrons. The lowest BCUT2D eigenvalue weighted by atomic mass is 10.2. The molecule has 10 heteroatoms. The number of para-hydroxylation sites is 1. The van der Waals surface area contributed by atoms with E-state index in [0.29, 0.717) is 17.5 Å². The Morgan fingerprint density at radius 2 is 1.70 bits per heavy atom. The zero-order chi connectivity index (χ0) is 26.3. The second kappa shape index (κ2) is 12.3. The van der Waals surface area contributed by atoms with Crippen LogP contribution in [0.3, 0.4) is 0 Å². The average molecular weight is 551 g/mol. The molecule has 1 heterocycles. The molecule has 3 aromatic carbocycles. The Hall–Kier alpha value is -3.34. The zero-order valence-corrected chi connectivity index (χ0v) is 22.7. The molecule has 0 bridgehead atoms. The van der Waals surface area contributed by atoms with Gasteiger partial charge < -0.3 is 9.88 Å². The van der Waals surface area contributed by atoms with E-state index in [9.17, 15) is 13.2 Å². The number of anilines is 1. The van der Waals surface area contributed by atoms with Gasteiger partial charge >= 0.3 is 0 Å². The first-order chi connectivity index (χ1) is 17.9. The SMILES string of the molecule is C=CCn1c(CS(=O)(=O)c2ccc(C)cc2)nnc1SCC(=O)Nc1ccccc1Sc1ccccc1. The number of allylic oxidation sites excluding steroid dienone is 1. The van der Waals surface area contributed by atoms with Gasteiger partial charge in [-0.15, -0.1) is 16.8 Å². The van der Waals surface area contributed by atoms with E-state index in [1.807, 2.05) is 61.5 Å². The van der Waals surface area contributed by atoms with E-state index >= 15 is 0 Å². The maximum atomic E-state index is 12.9. The number of carbonyl (C=O) groups excluding carboxylic acids is 1. The Morgan fingerprint density at radius 1 is 1.00 bits per heavy atom. The third-order valence-electron chi connectivity index (χ3n) is 5.27. The third kappa shape index (κ3) is 7.12. The maximum absolute atomic E-state index is 12.9. The summed E-state index contributed by atoms with van der Waals surface area (Å²) < 4.78 is 27.5. The highest BCUT2D eigenvalue weighted by Gasteiger charge is 2.22. The predicted molar refractivity (Wildman–Crippen MR) is 149 cm³/mol. The second-order valence-electron chi connectivity index (χ2n) is 8.12. The highest BCUT2D eigenvalue weighted by atomic mass is 32.2. The van der Waals surface area contributed by atoms with E-state index in [4.69, 9.17) is 0 Å². The van der Waals surface area contributed by atoms with Crippen molar-refractivity contribution in [2.75, 3.05) is 11.1 Å². The number of benzene rings is 3. The number of aryl methyl sites for hydroxylation is 1. The summed E-state index contributed by atoms with van der Waals surface area (Å²) in [6.07, 6.45) is 1.65. The van der Waals surface area contributed by atoms with Gasteiger partial charge in [0.25, 0.3) is 0 Å². The lowest BCUT2D eigenvalue weighted by molar-refractivity contribution is -0.113. The van der Waals surface area contributed by atoms with Gasteiger partial charge in [0.05, 0.1) is 16.3 Å². The largest absolute Gasteiger partial charge is 0.324 e. The summed E-state index contributed by atoms with van der Waals surface area (Å²) >= 11 is 2.77. The normalized spacial score (nSPS) is 11.3. The molecule has 0 radical (unpaired) electrons. The monoisotopic (exact) mass is 550 g/mol. The second-order valence-corrected chi connectivity index (χ2v) is 12.2. The molecule has 0 saturated heterocycles. The number of rotatable bonds is 11. The van der Waals surface area contributed by atoms with Crippen LogP contribution in [0, 0.1) is 6.92 Å². The van der Waals surface area contributed by atoms with Gasteiger partial charge in [0.15, 0.2) is 15.0 Å². The van der Waals surface area contributed by atoms with Crippen molar-refractivity contribution in [3.8, 4) is 0 Å². The van der Waals surface area contributed by atoms with Gasteiger partial charge in [-0.3, -0.25) is 4.79 Å². The van der Waals surface area contributed by atoms with Crippen molar-refractivity contribution in [2.24, 2.45) is 0 Å². The zero-order valence-electron chi connectivity index (χ0n) is 20.2. The minimum absolute atomic E-state index is 0.0876. The van der Waals surface area contributed by atoms with Crippen LogP contribution in [-0.4, -0.2) is 34.8 Å². The van der Waals surface area contributed by atoms with Crippen molar-refractivity contribution in [2.45, 2.75) is 39.1 Å². The van der Waals surface area contributed by atoms with Crippen molar-refractivity contribution in [3.05, 3.63) is 103 Å². The lowest BCUT2D eigenvalue weighted by Crippen LogP contribution is -2.15. The molecule has 0 spiro atoms. The summed E-state index contributed by atoms with van der Waals surface area (Å²) in [4.78, 5) is 15.0. The molecule has 0 atom stereocenters. The number of hydrogen-bond donors (Lipinski definition) is 1. The minimum Gasteiger partial charge on any atom is -0.324 e. The van der Waals surface area contributed by atoms with E-state index in [0.717, 1.165) is 21.0 Å². The number of aromatic nitrogens is 3. The minimum atomic E-state index is -3.61. The van der Waals surface area contributed by atoms with Gasteiger partial charge in [0.2, 0.25) is 5.91 Å². The van der Waals surface area contributed by atoms with Crippen molar-refractivity contribution in [3.63, 3.8) is 0 Å². The van der Waals surface area contributed by atoms with Crippen LogP contribution in [0.2, 0.25) is 0 Å². The molecule has 37 heavy (non-hydrogen) atoms. The van der Waals surface area contributed by atoms with E-state index in [1.165, 1.54) is 11.8 Å². The molecule has 0 saturated carbocycles. The highest BCUT2D eigenvalue weighted by Crippen LogP contribution is 2.33. The number of thioether (sulfide) groups is 1. The molecule has 0 aliphatic rings. The van der Waals surface area contributed by atoms with Gasteiger partial charge in [0, 0.05) is 16.3 Å². The number of hydrogen-bond acceptors (Lipinski definition) is 7. The van der Waals surface area contributed by atoms with Gasteiger partial charge in [-0.05, 0) is 43.3 Å². The molecular formula is C27H26N4O3S3. The molecule has 7 nitrogen and oxygen atoms in total. The summed E-state index contributed by atoms with van der Waals surface area (Å²) in [5, 5.41) is 11.7. The summed E-state index contributed by atoms with van der Waals surface area (Å²) in [6, 6.07) is 24.3. The summed E-state index contributed by atoms with van der Waals surface area (Å²) in [6.45, 7) is 5.99. The third-order valence-corrected chi connectivity index (χ3v) is 8.95.